The molecule has 0 unspecified atom stereocenters. The largest absolute Gasteiger partial charge is 0.417 e. The molecule has 0 bridgehead atoms. The van der Waals surface area contributed by atoms with Crippen molar-refractivity contribution in [2.45, 2.75) is 18.9 Å². The van der Waals surface area contributed by atoms with Crippen molar-refractivity contribution in [2.75, 3.05) is 25.5 Å². The fourth-order valence-electron chi connectivity index (χ4n) is 2.43. The van der Waals surface area contributed by atoms with Gasteiger partial charge in [-0.15, -0.1) is 0 Å². The molecule has 1 aliphatic heterocycles. The maximum atomic E-state index is 11.1. The molecule has 0 radical (unpaired) electrons. The summed E-state index contributed by atoms with van der Waals surface area (Å²) in [5, 5.41) is 3.51. The van der Waals surface area contributed by atoms with Crippen LogP contribution in [0.15, 0.2) is 27.4 Å². The number of hydrogen-bond donors (Lipinski definition) is 2. The van der Waals surface area contributed by atoms with Crippen LogP contribution in [0.4, 0.5) is 5.69 Å². The van der Waals surface area contributed by atoms with E-state index in [4.69, 9.17) is 4.42 Å². The third kappa shape index (κ3) is 2.26. The molecule has 0 spiro atoms. The predicted molar refractivity (Wildman–Crippen MR) is 71.0 cm³/mol. The van der Waals surface area contributed by atoms with E-state index in [-0.39, 0.29) is 0 Å². The van der Waals surface area contributed by atoms with Gasteiger partial charge in [-0.05, 0) is 51.2 Å². The number of oxazole rings is 1. The number of aromatic nitrogens is 1. The zero-order valence-corrected chi connectivity index (χ0v) is 10.4. The van der Waals surface area contributed by atoms with Crippen molar-refractivity contribution < 1.29 is 4.42 Å². The van der Waals surface area contributed by atoms with Crippen LogP contribution in [0.1, 0.15) is 12.8 Å². The summed E-state index contributed by atoms with van der Waals surface area (Å²) in [4.78, 5) is 16.1. The molecule has 96 valence electrons. The summed E-state index contributed by atoms with van der Waals surface area (Å²) in [6, 6.07) is 6.22. The van der Waals surface area contributed by atoms with E-state index < -0.39 is 5.76 Å². The van der Waals surface area contributed by atoms with Crippen LogP contribution >= 0.6 is 0 Å². The Hall–Kier alpha value is -1.75. The number of aromatic amines is 1. The fourth-order valence-corrected chi connectivity index (χ4v) is 2.43. The molecule has 1 aliphatic rings. The highest BCUT2D eigenvalue weighted by molar-refractivity contribution is 5.76. The van der Waals surface area contributed by atoms with Gasteiger partial charge in [-0.1, -0.05) is 0 Å². The molecular weight excluding hydrogens is 230 g/mol. The number of H-pyrrole nitrogens is 1. The van der Waals surface area contributed by atoms with Crippen LogP contribution in [0.3, 0.4) is 0 Å². The van der Waals surface area contributed by atoms with Crippen molar-refractivity contribution in [3.63, 3.8) is 0 Å². The lowest BCUT2D eigenvalue weighted by Gasteiger charge is -2.30. The Kier molecular flexibility index (Phi) is 2.83. The van der Waals surface area contributed by atoms with Crippen molar-refractivity contribution in [3.05, 3.63) is 28.7 Å². The number of nitrogens with zero attached hydrogens (tertiary/aromatic N) is 1. The highest BCUT2D eigenvalue weighted by atomic mass is 16.4. The molecular formula is C13H17N3O2. The predicted octanol–water partition coefficient (Wildman–Crippen LogP) is 1.63. The first-order valence-electron chi connectivity index (χ1n) is 6.29. The van der Waals surface area contributed by atoms with Gasteiger partial charge in [0.15, 0.2) is 5.58 Å². The first kappa shape index (κ1) is 11.3. The zero-order valence-electron chi connectivity index (χ0n) is 10.4. The van der Waals surface area contributed by atoms with Gasteiger partial charge in [-0.2, -0.15) is 0 Å². The molecule has 0 aliphatic carbocycles. The van der Waals surface area contributed by atoms with Crippen LogP contribution in [0.25, 0.3) is 11.1 Å². The second-order valence-corrected chi connectivity index (χ2v) is 4.95. The molecule has 0 amide bonds. The molecule has 2 heterocycles. The Morgan fingerprint density at radius 2 is 2.17 bits per heavy atom. The molecule has 1 aromatic heterocycles. The Balaban J connectivity index is 1.76. The second-order valence-electron chi connectivity index (χ2n) is 4.95. The molecule has 3 rings (SSSR count). The number of likely N-dealkylation sites (tertiary alicyclic amines) is 1. The Morgan fingerprint density at radius 3 is 2.94 bits per heavy atom. The van der Waals surface area contributed by atoms with Gasteiger partial charge in [-0.3, -0.25) is 4.98 Å². The number of nitrogens with one attached hydrogen (secondary N) is 2. The molecule has 2 aromatic rings. The summed E-state index contributed by atoms with van der Waals surface area (Å²) in [6.07, 6.45) is 2.30. The van der Waals surface area contributed by atoms with Crippen LogP contribution in [-0.2, 0) is 0 Å². The Morgan fingerprint density at radius 1 is 1.39 bits per heavy atom. The third-order valence-electron chi connectivity index (χ3n) is 3.51. The molecule has 1 saturated heterocycles. The zero-order chi connectivity index (χ0) is 12.5. The van der Waals surface area contributed by atoms with E-state index in [1.165, 1.54) is 0 Å². The first-order chi connectivity index (χ1) is 8.70. The molecule has 1 fully saturated rings. The smallest absolute Gasteiger partial charge is 0.408 e. The van der Waals surface area contributed by atoms with Crippen molar-refractivity contribution in [3.8, 4) is 0 Å². The van der Waals surface area contributed by atoms with Gasteiger partial charge in [0, 0.05) is 11.7 Å². The number of piperidine rings is 1. The van der Waals surface area contributed by atoms with E-state index in [9.17, 15) is 4.79 Å². The van der Waals surface area contributed by atoms with Crippen molar-refractivity contribution >= 4 is 16.8 Å². The highest BCUT2D eigenvalue weighted by Gasteiger charge is 2.16. The van der Waals surface area contributed by atoms with Gasteiger partial charge < -0.3 is 14.6 Å². The summed E-state index contributed by atoms with van der Waals surface area (Å²) in [5.74, 6) is -0.401. The van der Waals surface area contributed by atoms with Gasteiger partial charge in [0.05, 0.1) is 5.52 Å². The molecule has 5 heteroatoms. The van der Waals surface area contributed by atoms with Gasteiger partial charge >= 0.3 is 5.76 Å². The molecule has 1 aromatic carbocycles. The SMILES string of the molecule is CN1CCC(Nc2ccc3oc(=O)[nH]c3c2)CC1. The van der Waals surface area contributed by atoms with Gasteiger partial charge in [0.1, 0.15) is 0 Å². The van der Waals surface area contributed by atoms with Crippen LogP contribution in [0.2, 0.25) is 0 Å². The van der Waals surface area contributed by atoms with E-state index >= 15 is 0 Å². The first-order valence-corrected chi connectivity index (χ1v) is 6.29. The lowest BCUT2D eigenvalue weighted by Crippen LogP contribution is -2.36. The third-order valence-corrected chi connectivity index (χ3v) is 3.51. The maximum absolute atomic E-state index is 11.1. The van der Waals surface area contributed by atoms with Crippen molar-refractivity contribution in [2.24, 2.45) is 0 Å². The topological polar surface area (TPSA) is 61.3 Å². The summed E-state index contributed by atoms with van der Waals surface area (Å²) in [7, 11) is 2.15. The van der Waals surface area contributed by atoms with Gasteiger partial charge in [0.25, 0.3) is 0 Å². The lowest BCUT2D eigenvalue weighted by molar-refractivity contribution is 0.264. The van der Waals surface area contributed by atoms with Gasteiger partial charge in [0.2, 0.25) is 0 Å². The minimum absolute atomic E-state index is 0.401. The minimum atomic E-state index is -0.401. The number of benzene rings is 1. The van der Waals surface area contributed by atoms with Gasteiger partial charge in [-0.25, -0.2) is 4.79 Å². The molecule has 0 saturated carbocycles. The highest BCUT2D eigenvalue weighted by Crippen LogP contribution is 2.19. The number of fused-ring (bicyclic) bond motifs is 1. The lowest BCUT2D eigenvalue weighted by atomic mass is 10.1. The van der Waals surface area contributed by atoms with E-state index in [2.05, 4.69) is 22.2 Å². The fraction of sp³-hybridized carbons (Fsp3) is 0.462. The van der Waals surface area contributed by atoms with Crippen LogP contribution < -0.4 is 11.1 Å². The minimum Gasteiger partial charge on any atom is -0.408 e. The summed E-state index contributed by atoms with van der Waals surface area (Å²) >= 11 is 0. The van der Waals surface area contributed by atoms with E-state index in [0.29, 0.717) is 11.6 Å². The Bertz CT molecular complexity index is 594. The molecule has 2 N–H and O–H groups in total. The van der Waals surface area contributed by atoms with Crippen LogP contribution in [0, 0.1) is 0 Å². The molecule has 0 atom stereocenters. The Labute approximate surface area is 105 Å². The summed E-state index contributed by atoms with van der Waals surface area (Å²) < 4.78 is 4.98. The van der Waals surface area contributed by atoms with Crippen LogP contribution in [-0.4, -0.2) is 36.1 Å². The molecule has 5 nitrogen and oxygen atoms in total. The maximum Gasteiger partial charge on any atom is 0.417 e. The average molecular weight is 247 g/mol. The van der Waals surface area contributed by atoms with Crippen LogP contribution in [0.5, 0.6) is 0 Å². The summed E-state index contributed by atoms with van der Waals surface area (Å²) in [5.41, 5.74) is 2.39. The van der Waals surface area contributed by atoms with E-state index in [0.717, 1.165) is 37.1 Å². The number of hydrogen-bond acceptors (Lipinski definition) is 4. The monoisotopic (exact) mass is 247 g/mol. The normalized spacial score (nSPS) is 18.3. The average Bonchev–Trinajstić information content (AvgIpc) is 2.71. The van der Waals surface area contributed by atoms with E-state index in [1.807, 2.05) is 18.2 Å². The van der Waals surface area contributed by atoms with E-state index in [1.54, 1.807) is 0 Å². The molecule has 18 heavy (non-hydrogen) atoms. The second kappa shape index (κ2) is 4.49. The summed E-state index contributed by atoms with van der Waals surface area (Å²) in [6.45, 7) is 2.25. The van der Waals surface area contributed by atoms with Crippen molar-refractivity contribution in [1.29, 1.82) is 0 Å². The quantitative estimate of drug-likeness (QED) is 0.846. The number of rotatable bonds is 2. The van der Waals surface area contributed by atoms with Crippen molar-refractivity contribution in [1.82, 2.24) is 9.88 Å². The number of anilines is 1. The standard InChI is InChI=1S/C13H17N3O2/c1-16-6-4-9(5-7-16)14-10-2-3-12-11(8-10)15-13(17)18-12/h2-3,8-9,14H,4-7H2,1H3,(H,15,17).